The molecule has 0 aromatic carbocycles. The minimum atomic E-state index is 0.458. The van der Waals surface area contributed by atoms with E-state index in [-0.39, 0.29) is 0 Å². The van der Waals surface area contributed by atoms with Crippen LogP contribution in [-0.2, 0) is 0 Å². The largest absolute Gasteiger partial charge is 0.616 e. The molecule has 0 spiro atoms. The zero-order valence-electron chi connectivity index (χ0n) is 2.92. The fraction of sp³-hybridized carbons (Fsp3) is 0. The van der Waals surface area contributed by atoms with Crippen LogP contribution < -0.4 is 4.73 Å². The molecule has 1 rings (SSSR count). The standard InChI is InChI=1S/C3H2NO2/c5-4-1-2-6-3-4/h1-2H. The zero-order valence-corrected chi connectivity index (χ0v) is 2.92. The lowest BCUT2D eigenvalue weighted by molar-refractivity contribution is -0.613. The van der Waals surface area contributed by atoms with Gasteiger partial charge in [-0.1, -0.05) is 0 Å². The van der Waals surface area contributed by atoms with E-state index >= 15 is 0 Å². The Bertz CT molecular complexity index is 112. The van der Waals surface area contributed by atoms with Crippen molar-refractivity contribution in [3.63, 3.8) is 0 Å². The van der Waals surface area contributed by atoms with Gasteiger partial charge in [-0.15, -0.1) is 4.73 Å². The van der Waals surface area contributed by atoms with E-state index in [1.165, 1.54) is 12.5 Å². The summed E-state index contributed by atoms with van der Waals surface area (Å²) in [5, 5.41) is 9.84. The average molecular weight is 84.1 g/mol. The lowest BCUT2D eigenvalue weighted by atomic mass is 11.0. The van der Waals surface area contributed by atoms with Crippen molar-refractivity contribution in [2.24, 2.45) is 0 Å². The van der Waals surface area contributed by atoms with Gasteiger partial charge in [0.1, 0.15) is 0 Å². The van der Waals surface area contributed by atoms with Crippen molar-refractivity contribution in [1.82, 2.24) is 0 Å². The smallest absolute Gasteiger partial charge is 0.502 e. The molecule has 3 heteroatoms. The maximum absolute atomic E-state index is 9.84. The van der Waals surface area contributed by atoms with Crippen molar-refractivity contribution in [3.05, 3.63) is 24.1 Å². The van der Waals surface area contributed by atoms with E-state index in [1.54, 1.807) is 0 Å². The molecule has 1 aromatic rings. The number of hydrogen-bond acceptors (Lipinski definition) is 2. The van der Waals surface area contributed by atoms with Gasteiger partial charge in [0.2, 0.25) is 6.20 Å². The lowest BCUT2D eigenvalue weighted by Gasteiger charge is -1.74. The van der Waals surface area contributed by atoms with Crippen LogP contribution in [0.25, 0.3) is 0 Å². The normalized spacial score (nSPS) is 8.67. The molecule has 0 saturated heterocycles. The SMILES string of the molecule is [O-][n+]1[c]occ1. The quantitative estimate of drug-likeness (QED) is 0.320. The summed E-state index contributed by atoms with van der Waals surface area (Å²) < 4.78 is 4.70. The number of nitrogens with zero attached hydrogens (tertiary/aromatic N) is 1. The number of hydrogen-bond donors (Lipinski definition) is 0. The third-order valence-electron chi connectivity index (χ3n) is 0.407. The molecule has 0 fully saturated rings. The highest BCUT2D eigenvalue weighted by atomic mass is 16.5. The number of oxazole rings is 1. The van der Waals surface area contributed by atoms with Gasteiger partial charge < -0.3 is 9.62 Å². The fourth-order valence-corrected chi connectivity index (χ4v) is 0.199. The molecule has 0 unspecified atom stereocenters. The Labute approximate surface area is 34.4 Å². The summed E-state index contributed by atoms with van der Waals surface area (Å²) in [6.07, 6.45) is 4.47. The summed E-state index contributed by atoms with van der Waals surface area (Å²) in [7, 11) is 0. The van der Waals surface area contributed by atoms with Crippen molar-refractivity contribution >= 4 is 0 Å². The second kappa shape index (κ2) is 1.01. The molecule has 0 N–H and O–H groups in total. The van der Waals surface area contributed by atoms with Gasteiger partial charge in [-0.25, -0.2) is 0 Å². The van der Waals surface area contributed by atoms with Crippen LogP contribution in [0.2, 0.25) is 0 Å². The van der Waals surface area contributed by atoms with Gasteiger partial charge in [-0.2, -0.15) is 0 Å². The second-order valence-corrected chi connectivity index (χ2v) is 0.820. The van der Waals surface area contributed by atoms with Crippen LogP contribution in [-0.4, -0.2) is 0 Å². The highest BCUT2D eigenvalue weighted by Crippen LogP contribution is 1.68. The summed E-state index contributed by atoms with van der Waals surface area (Å²) in [5.41, 5.74) is 0. The summed E-state index contributed by atoms with van der Waals surface area (Å²) in [5.74, 6) is 0. The van der Waals surface area contributed by atoms with Crippen LogP contribution in [0.15, 0.2) is 16.9 Å². The third kappa shape index (κ3) is 0.337. The van der Waals surface area contributed by atoms with Gasteiger partial charge in [0.25, 0.3) is 0 Å². The Balaban J connectivity index is 3.05. The van der Waals surface area contributed by atoms with Crippen LogP contribution in [0.4, 0.5) is 0 Å². The van der Waals surface area contributed by atoms with Crippen molar-refractivity contribution < 1.29 is 9.15 Å². The molecule has 0 aliphatic carbocycles. The Kier molecular flexibility index (Phi) is 0.538. The molecule has 0 atom stereocenters. The van der Waals surface area contributed by atoms with E-state index in [2.05, 4.69) is 4.42 Å². The van der Waals surface area contributed by atoms with Gasteiger partial charge in [0.15, 0.2) is 6.26 Å². The molecular weight excluding hydrogens is 82.0 g/mol. The van der Waals surface area contributed by atoms with Crippen LogP contribution in [0.5, 0.6) is 0 Å². The summed E-state index contributed by atoms with van der Waals surface area (Å²) >= 11 is 0. The van der Waals surface area contributed by atoms with E-state index in [0.717, 1.165) is 0 Å². The maximum Gasteiger partial charge on any atom is 0.502 e. The molecule has 0 saturated carbocycles. The van der Waals surface area contributed by atoms with Crippen LogP contribution in [0.1, 0.15) is 0 Å². The van der Waals surface area contributed by atoms with E-state index in [4.69, 9.17) is 0 Å². The van der Waals surface area contributed by atoms with E-state index in [0.29, 0.717) is 4.73 Å². The topological polar surface area (TPSA) is 40.1 Å². The summed E-state index contributed by atoms with van der Waals surface area (Å²) in [6, 6.07) is 0. The van der Waals surface area contributed by atoms with Crippen LogP contribution in [0, 0.1) is 11.6 Å². The van der Waals surface area contributed by atoms with Crippen molar-refractivity contribution in [2.75, 3.05) is 0 Å². The first-order valence-electron chi connectivity index (χ1n) is 1.44. The van der Waals surface area contributed by atoms with Gasteiger partial charge in [-0.3, -0.25) is 0 Å². The van der Waals surface area contributed by atoms with Crippen LogP contribution >= 0.6 is 0 Å². The van der Waals surface area contributed by atoms with Gasteiger partial charge in [0, 0.05) is 0 Å². The van der Waals surface area contributed by atoms with Crippen molar-refractivity contribution in [2.45, 2.75) is 0 Å². The Morgan fingerprint density at radius 3 is 2.83 bits per heavy atom. The van der Waals surface area contributed by atoms with E-state index < -0.39 is 0 Å². The summed E-state index contributed by atoms with van der Waals surface area (Å²) in [6.45, 7) is 0. The minimum absolute atomic E-state index is 0.458. The Hall–Kier alpha value is -0.990. The van der Waals surface area contributed by atoms with Gasteiger partial charge in [-0.05, 0) is 0 Å². The predicted molar refractivity (Wildman–Crippen MR) is 16.5 cm³/mol. The average Bonchev–Trinajstić information content (AvgIpc) is 1.86. The van der Waals surface area contributed by atoms with Crippen molar-refractivity contribution in [3.8, 4) is 0 Å². The predicted octanol–water partition coefficient (Wildman–Crippen LogP) is -0.287. The molecule has 0 amide bonds. The number of rotatable bonds is 0. The molecule has 31 valence electrons. The lowest BCUT2D eigenvalue weighted by Crippen LogP contribution is -2.20. The maximum atomic E-state index is 9.84. The molecule has 0 aliphatic rings. The Morgan fingerprint density at radius 1 is 1.83 bits per heavy atom. The molecule has 0 aliphatic heterocycles. The number of aromatic nitrogens is 1. The molecule has 1 radical (unpaired) electrons. The Morgan fingerprint density at radius 2 is 2.67 bits per heavy atom. The second-order valence-electron chi connectivity index (χ2n) is 0.820. The highest BCUT2D eigenvalue weighted by molar-refractivity contribution is 4.45. The third-order valence-corrected chi connectivity index (χ3v) is 0.407. The first kappa shape index (κ1) is 3.21. The van der Waals surface area contributed by atoms with Gasteiger partial charge >= 0.3 is 6.39 Å². The molecule has 0 bridgehead atoms. The van der Waals surface area contributed by atoms with E-state index in [1.807, 2.05) is 6.39 Å². The molecular formula is C3H2NO2. The molecule has 1 aromatic heterocycles. The van der Waals surface area contributed by atoms with E-state index in [9.17, 15) is 5.21 Å². The molecule has 3 nitrogen and oxygen atoms in total. The fourth-order valence-electron chi connectivity index (χ4n) is 0.199. The monoisotopic (exact) mass is 84.0 g/mol. The molecule has 1 heterocycles. The molecule has 6 heavy (non-hydrogen) atoms. The first-order valence-corrected chi connectivity index (χ1v) is 1.44. The first-order chi connectivity index (χ1) is 2.89. The van der Waals surface area contributed by atoms with Crippen LogP contribution in [0.3, 0.4) is 0 Å². The van der Waals surface area contributed by atoms with Crippen molar-refractivity contribution in [1.29, 1.82) is 0 Å². The minimum Gasteiger partial charge on any atom is -0.616 e. The van der Waals surface area contributed by atoms with Gasteiger partial charge in [0.05, 0.1) is 0 Å². The highest BCUT2D eigenvalue weighted by Gasteiger charge is 1.83. The summed E-state index contributed by atoms with van der Waals surface area (Å²) in [4.78, 5) is 0. The zero-order chi connectivity index (χ0) is 4.41.